The summed E-state index contributed by atoms with van der Waals surface area (Å²) < 4.78 is 43.1. The van der Waals surface area contributed by atoms with Crippen molar-refractivity contribution in [3.63, 3.8) is 0 Å². The predicted molar refractivity (Wildman–Crippen MR) is 92.7 cm³/mol. The summed E-state index contributed by atoms with van der Waals surface area (Å²) in [5.74, 6) is 0.618. The molecule has 0 fully saturated rings. The number of alkyl halides is 3. The van der Waals surface area contributed by atoms with Crippen LogP contribution in [-0.4, -0.2) is 10.1 Å². The van der Waals surface area contributed by atoms with Crippen LogP contribution in [0.3, 0.4) is 0 Å². The molecule has 3 rings (SSSR count). The summed E-state index contributed by atoms with van der Waals surface area (Å²) in [6, 6.07) is 10.4. The van der Waals surface area contributed by atoms with Crippen molar-refractivity contribution in [1.29, 1.82) is 0 Å². The van der Waals surface area contributed by atoms with Crippen LogP contribution in [0.15, 0.2) is 47.0 Å². The molecule has 26 heavy (non-hydrogen) atoms. The smallest absolute Gasteiger partial charge is 0.398 e. The number of nitrogens with two attached hydrogens (primary N) is 1. The van der Waals surface area contributed by atoms with Gasteiger partial charge in [0.15, 0.2) is 0 Å². The molecule has 0 bridgehead atoms. The van der Waals surface area contributed by atoms with Crippen LogP contribution in [0.1, 0.15) is 28.1 Å². The summed E-state index contributed by atoms with van der Waals surface area (Å²) in [7, 11) is 0. The second kappa shape index (κ2) is 6.67. The summed E-state index contributed by atoms with van der Waals surface area (Å²) in [6.07, 6.45) is -2.95. The highest BCUT2D eigenvalue weighted by Gasteiger charge is 2.30. The molecule has 0 aliphatic carbocycles. The first kappa shape index (κ1) is 17.7. The highest BCUT2D eigenvalue weighted by atomic mass is 19.4. The number of nitrogens with zero attached hydrogens (tertiary/aromatic N) is 2. The zero-order valence-corrected chi connectivity index (χ0v) is 14.1. The molecule has 2 N–H and O–H groups in total. The Labute approximate surface area is 148 Å². The largest absolute Gasteiger partial charge is 0.416 e. The zero-order valence-electron chi connectivity index (χ0n) is 14.1. The third-order valence-electron chi connectivity index (χ3n) is 3.97. The molecular formula is C19H16F3N3O. The summed E-state index contributed by atoms with van der Waals surface area (Å²) in [6.45, 7) is 3.90. The maximum Gasteiger partial charge on any atom is 0.416 e. The molecule has 0 aliphatic rings. The van der Waals surface area contributed by atoms with Gasteiger partial charge in [-0.15, -0.1) is 0 Å². The molecule has 1 aromatic heterocycles. The van der Waals surface area contributed by atoms with Crippen LogP contribution >= 0.6 is 0 Å². The van der Waals surface area contributed by atoms with Gasteiger partial charge in [-0.05, 0) is 42.7 Å². The van der Waals surface area contributed by atoms with Crippen LogP contribution in [0.5, 0.6) is 0 Å². The SMILES string of the molecule is Cc1cccc(C)c1-c1noc(/C=C(\N)c2ccc(C(F)(F)F)cc2)n1. The monoisotopic (exact) mass is 359 g/mol. The lowest BCUT2D eigenvalue weighted by Crippen LogP contribution is -2.05. The van der Waals surface area contributed by atoms with Crippen molar-refractivity contribution >= 4 is 11.8 Å². The van der Waals surface area contributed by atoms with Crippen LogP contribution in [0.25, 0.3) is 23.2 Å². The highest BCUT2D eigenvalue weighted by molar-refractivity contribution is 5.77. The van der Waals surface area contributed by atoms with Crippen LogP contribution < -0.4 is 5.73 Å². The minimum absolute atomic E-state index is 0.181. The summed E-state index contributed by atoms with van der Waals surface area (Å²) >= 11 is 0. The van der Waals surface area contributed by atoms with Gasteiger partial charge < -0.3 is 10.3 Å². The third kappa shape index (κ3) is 3.61. The van der Waals surface area contributed by atoms with Crippen LogP contribution in [0, 0.1) is 13.8 Å². The lowest BCUT2D eigenvalue weighted by atomic mass is 10.0. The normalized spacial score (nSPS) is 12.4. The molecule has 0 amide bonds. The number of hydrogen-bond donors (Lipinski definition) is 1. The fourth-order valence-electron chi connectivity index (χ4n) is 2.63. The number of halogens is 3. The topological polar surface area (TPSA) is 64.9 Å². The van der Waals surface area contributed by atoms with E-state index in [1.807, 2.05) is 32.0 Å². The van der Waals surface area contributed by atoms with Crippen LogP contribution in [-0.2, 0) is 6.18 Å². The average molecular weight is 359 g/mol. The number of hydrogen-bond acceptors (Lipinski definition) is 4. The molecule has 1 heterocycles. The fraction of sp³-hybridized carbons (Fsp3) is 0.158. The molecule has 4 nitrogen and oxygen atoms in total. The number of rotatable bonds is 3. The van der Waals surface area contributed by atoms with E-state index in [1.165, 1.54) is 18.2 Å². The standard InChI is InChI=1S/C19H16F3N3O/c1-11-4-3-5-12(2)17(11)18-24-16(26-25-18)10-15(23)13-6-8-14(9-7-13)19(20,21)22/h3-10H,23H2,1-2H3/b15-10-. The second-order valence-corrected chi connectivity index (χ2v) is 5.90. The molecule has 2 aromatic carbocycles. The summed E-state index contributed by atoms with van der Waals surface area (Å²) in [5, 5.41) is 3.97. The Morgan fingerprint density at radius 1 is 1.04 bits per heavy atom. The van der Waals surface area contributed by atoms with Crippen molar-refractivity contribution in [1.82, 2.24) is 10.1 Å². The van der Waals surface area contributed by atoms with Crippen LogP contribution in [0.4, 0.5) is 13.2 Å². The van der Waals surface area contributed by atoms with Crippen LogP contribution in [0.2, 0.25) is 0 Å². The molecule has 0 saturated heterocycles. The maximum absolute atomic E-state index is 12.6. The summed E-state index contributed by atoms with van der Waals surface area (Å²) in [5.41, 5.74) is 8.78. The first-order valence-corrected chi connectivity index (χ1v) is 7.81. The molecule has 3 aromatic rings. The van der Waals surface area contributed by atoms with Gasteiger partial charge in [-0.1, -0.05) is 35.5 Å². The first-order chi connectivity index (χ1) is 12.3. The molecule has 0 aliphatic heterocycles. The van der Waals surface area contributed by atoms with E-state index in [0.717, 1.165) is 28.8 Å². The molecular weight excluding hydrogens is 343 g/mol. The Balaban J connectivity index is 1.88. The zero-order chi connectivity index (χ0) is 18.9. The van der Waals surface area contributed by atoms with Crippen molar-refractivity contribution < 1.29 is 17.7 Å². The van der Waals surface area contributed by atoms with Crippen molar-refractivity contribution in [2.24, 2.45) is 5.73 Å². The number of benzene rings is 2. The van der Waals surface area contributed by atoms with E-state index in [9.17, 15) is 13.2 Å². The second-order valence-electron chi connectivity index (χ2n) is 5.90. The van der Waals surface area contributed by atoms with Gasteiger partial charge >= 0.3 is 6.18 Å². The molecule has 0 spiro atoms. The van der Waals surface area contributed by atoms with Gasteiger partial charge in [0.2, 0.25) is 5.82 Å². The van der Waals surface area contributed by atoms with Crippen molar-refractivity contribution in [2.45, 2.75) is 20.0 Å². The average Bonchev–Trinajstić information content (AvgIpc) is 3.02. The van der Waals surface area contributed by atoms with E-state index in [0.29, 0.717) is 11.4 Å². The number of aromatic nitrogens is 2. The van der Waals surface area contributed by atoms with Gasteiger partial charge in [0.25, 0.3) is 5.89 Å². The molecule has 0 saturated carbocycles. The fourth-order valence-corrected chi connectivity index (χ4v) is 2.63. The van der Waals surface area contributed by atoms with Gasteiger partial charge in [-0.25, -0.2) is 0 Å². The highest BCUT2D eigenvalue weighted by Crippen LogP contribution is 2.30. The van der Waals surface area contributed by atoms with Gasteiger partial charge in [-0.2, -0.15) is 18.2 Å². The lowest BCUT2D eigenvalue weighted by Gasteiger charge is -2.07. The third-order valence-corrected chi connectivity index (χ3v) is 3.97. The Hall–Kier alpha value is -3.09. The predicted octanol–water partition coefficient (Wildman–Crippen LogP) is 4.83. The Morgan fingerprint density at radius 3 is 2.23 bits per heavy atom. The molecule has 7 heteroatoms. The van der Waals surface area contributed by atoms with E-state index in [-0.39, 0.29) is 11.6 Å². The molecule has 134 valence electrons. The summed E-state index contributed by atoms with van der Waals surface area (Å²) in [4.78, 5) is 4.31. The Kier molecular flexibility index (Phi) is 4.54. The Bertz CT molecular complexity index is 937. The Morgan fingerprint density at radius 2 is 1.65 bits per heavy atom. The van der Waals surface area contributed by atoms with E-state index in [4.69, 9.17) is 10.3 Å². The molecule has 0 atom stereocenters. The number of aryl methyl sites for hydroxylation is 2. The minimum Gasteiger partial charge on any atom is -0.398 e. The van der Waals surface area contributed by atoms with Crippen molar-refractivity contribution in [3.8, 4) is 11.4 Å². The van der Waals surface area contributed by atoms with Gasteiger partial charge in [0, 0.05) is 17.3 Å². The van der Waals surface area contributed by atoms with E-state index in [1.54, 1.807) is 0 Å². The van der Waals surface area contributed by atoms with Crippen molar-refractivity contribution in [2.75, 3.05) is 0 Å². The maximum atomic E-state index is 12.6. The van der Waals surface area contributed by atoms with E-state index >= 15 is 0 Å². The van der Waals surface area contributed by atoms with Gasteiger partial charge in [0.1, 0.15) is 0 Å². The lowest BCUT2D eigenvalue weighted by molar-refractivity contribution is -0.137. The minimum atomic E-state index is -4.39. The van der Waals surface area contributed by atoms with E-state index in [2.05, 4.69) is 10.1 Å². The van der Waals surface area contributed by atoms with E-state index < -0.39 is 11.7 Å². The first-order valence-electron chi connectivity index (χ1n) is 7.81. The van der Waals surface area contributed by atoms with Crippen molar-refractivity contribution in [3.05, 3.63) is 70.6 Å². The van der Waals surface area contributed by atoms with Gasteiger partial charge in [-0.3, -0.25) is 0 Å². The van der Waals surface area contributed by atoms with Gasteiger partial charge in [0.05, 0.1) is 5.56 Å². The quantitative estimate of drug-likeness (QED) is 0.727. The molecule has 0 radical (unpaired) electrons. The molecule has 0 unspecified atom stereocenters.